The summed E-state index contributed by atoms with van der Waals surface area (Å²) in [6.07, 6.45) is 1.84. The Morgan fingerprint density at radius 1 is 0.553 bits per heavy atom. The maximum Gasteiger partial charge on any atom is 0.198 e. The topological polar surface area (TPSA) is 37.3 Å². The number of benzene rings is 5. The Bertz CT molecular complexity index is 1340. The average molecular weight is 516 g/mol. The summed E-state index contributed by atoms with van der Waals surface area (Å²) >= 11 is 0. The van der Waals surface area contributed by atoms with Gasteiger partial charge in [-0.05, 0) is 54.8 Å². The van der Waals surface area contributed by atoms with E-state index < -0.39 is 12.9 Å². The zero-order valence-corrected chi connectivity index (χ0v) is 22.3. The highest BCUT2D eigenvalue weighted by atomic mass is 31.2. The van der Waals surface area contributed by atoms with Crippen molar-refractivity contribution in [3.05, 3.63) is 163 Å². The molecular weight excluding hydrogens is 483 g/mol. The van der Waals surface area contributed by atoms with Gasteiger partial charge in [-0.25, -0.2) is 0 Å². The Morgan fingerprint density at radius 2 is 0.921 bits per heavy atom. The van der Waals surface area contributed by atoms with Crippen LogP contribution in [0.4, 0.5) is 0 Å². The van der Waals surface area contributed by atoms with E-state index in [2.05, 4.69) is 91.0 Å². The first-order valence-corrected chi connectivity index (χ1v) is 15.0. The Hall–Kier alpha value is -3.84. The number of Topliss-reactive ketones (excluding diaryl/α,β-unsaturated/α-hetero) is 1. The summed E-state index contributed by atoms with van der Waals surface area (Å²) in [5.74, 6) is -0.257. The van der Waals surface area contributed by atoms with Crippen LogP contribution in [-0.2, 0) is 5.60 Å². The Balaban J connectivity index is 1.57. The van der Waals surface area contributed by atoms with Crippen LogP contribution in [0.5, 0.6) is 0 Å². The van der Waals surface area contributed by atoms with Gasteiger partial charge >= 0.3 is 0 Å². The lowest BCUT2D eigenvalue weighted by molar-refractivity contribution is 0.0248. The summed E-state index contributed by atoms with van der Waals surface area (Å²) in [4.78, 5) is 13.8. The fourth-order valence-electron chi connectivity index (χ4n) is 5.39. The minimum absolute atomic E-state index is 0.257. The summed E-state index contributed by atoms with van der Waals surface area (Å²) in [5.41, 5.74) is -0.450. The van der Waals surface area contributed by atoms with Crippen LogP contribution in [0.15, 0.2) is 152 Å². The van der Waals surface area contributed by atoms with Crippen molar-refractivity contribution in [1.29, 1.82) is 0 Å². The van der Waals surface area contributed by atoms with Gasteiger partial charge in [0.1, 0.15) is 23.2 Å². The molecule has 0 aliphatic heterocycles. The van der Waals surface area contributed by atoms with Gasteiger partial charge in [-0.3, -0.25) is 4.79 Å². The van der Waals surface area contributed by atoms with Crippen LogP contribution in [0.1, 0.15) is 28.8 Å². The van der Waals surface area contributed by atoms with Crippen molar-refractivity contribution in [2.75, 3.05) is 6.16 Å². The number of hydrogen-bond acceptors (Lipinski definition) is 2. The first-order chi connectivity index (χ1) is 18.6. The monoisotopic (exact) mass is 515 g/mol. The molecule has 0 saturated heterocycles. The fourth-order valence-corrected chi connectivity index (χ4v) is 9.73. The van der Waals surface area contributed by atoms with Crippen LogP contribution in [0.25, 0.3) is 0 Å². The largest absolute Gasteiger partial charge is 0.377 e. The molecule has 3 heteroatoms. The van der Waals surface area contributed by atoms with Crippen molar-refractivity contribution >= 4 is 29.0 Å². The van der Waals surface area contributed by atoms with Gasteiger partial charge in [0, 0.05) is 5.56 Å². The molecule has 0 radical (unpaired) electrons. The number of ketones is 1. The molecule has 1 unspecified atom stereocenters. The van der Waals surface area contributed by atoms with Gasteiger partial charge in [-0.2, -0.15) is 0 Å². The van der Waals surface area contributed by atoms with E-state index in [-0.39, 0.29) is 5.78 Å². The zero-order valence-electron chi connectivity index (χ0n) is 21.4. The summed E-state index contributed by atoms with van der Waals surface area (Å²) in [6, 6.07) is 50.7. The predicted octanol–water partition coefficient (Wildman–Crippen LogP) is 6.53. The molecule has 5 aromatic carbocycles. The van der Waals surface area contributed by atoms with Crippen LogP contribution in [0.2, 0.25) is 0 Å². The molecule has 0 fully saturated rings. The second kappa shape index (κ2) is 11.7. The maximum absolute atomic E-state index is 13.8. The number of rotatable bonds is 10. The van der Waals surface area contributed by atoms with Crippen molar-refractivity contribution < 1.29 is 9.90 Å². The third kappa shape index (κ3) is 5.11. The Labute approximate surface area is 226 Å². The molecule has 0 heterocycles. The van der Waals surface area contributed by atoms with Crippen LogP contribution in [0, 0.1) is 0 Å². The highest BCUT2D eigenvalue weighted by Crippen LogP contribution is 2.56. The first-order valence-electron chi connectivity index (χ1n) is 13.1. The van der Waals surface area contributed by atoms with E-state index in [1.165, 1.54) is 15.9 Å². The zero-order chi connectivity index (χ0) is 26.3. The van der Waals surface area contributed by atoms with E-state index >= 15 is 0 Å². The van der Waals surface area contributed by atoms with E-state index in [4.69, 9.17) is 0 Å². The van der Waals surface area contributed by atoms with Crippen LogP contribution in [0.3, 0.4) is 0 Å². The molecule has 1 atom stereocenters. The molecule has 0 bridgehead atoms. The SMILES string of the molecule is O=C(c1ccccc1)C(O)(CCC[P+](c1ccccc1)(c1ccccc1)c1ccccc1)c1ccccc1. The van der Waals surface area contributed by atoms with Crippen molar-refractivity contribution in [1.82, 2.24) is 0 Å². The molecule has 0 spiro atoms. The number of carbonyl (C=O) groups excluding carboxylic acids is 1. The average Bonchev–Trinajstić information content (AvgIpc) is 3.01. The first kappa shape index (κ1) is 25.8. The molecule has 5 rings (SSSR count). The van der Waals surface area contributed by atoms with E-state index in [0.717, 1.165) is 6.16 Å². The molecule has 2 nitrogen and oxygen atoms in total. The molecule has 0 aliphatic carbocycles. The summed E-state index contributed by atoms with van der Waals surface area (Å²) in [5, 5.41) is 16.0. The second-order valence-electron chi connectivity index (χ2n) is 9.57. The van der Waals surface area contributed by atoms with Crippen LogP contribution < -0.4 is 15.9 Å². The van der Waals surface area contributed by atoms with Crippen LogP contribution in [-0.4, -0.2) is 17.1 Å². The van der Waals surface area contributed by atoms with Gasteiger partial charge in [0.2, 0.25) is 0 Å². The lowest BCUT2D eigenvalue weighted by Gasteiger charge is -2.31. The number of carbonyl (C=O) groups is 1. The maximum atomic E-state index is 13.8. The molecule has 0 amide bonds. The summed E-state index contributed by atoms with van der Waals surface area (Å²) < 4.78 is 0. The van der Waals surface area contributed by atoms with Gasteiger partial charge in [-0.1, -0.05) is 115 Å². The number of aliphatic hydroxyl groups is 1. The fraction of sp³-hybridized carbons (Fsp3) is 0.114. The third-order valence-corrected chi connectivity index (χ3v) is 11.8. The summed E-state index contributed by atoms with van der Waals surface area (Å²) in [6.45, 7) is 0. The van der Waals surface area contributed by atoms with E-state index in [1.807, 2.05) is 48.5 Å². The standard InChI is InChI=1S/C35H32O2P/c36-34(29-17-6-1-7-18-29)35(37,30-19-8-2-9-20-30)27-16-28-38(31-21-10-3-11-22-31,32-23-12-4-13-24-32)33-25-14-5-15-26-33/h1-15,17-26,37H,16,27-28H2/q+1. The Kier molecular flexibility index (Phi) is 7.94. The van der Waals surface area contributed by atoms with Crippen molar-refractivity contribution in [2.45, 2.75) is 18.4 Å². The Morgan fingerprint density at radius 3 is 1.34 bits per heavy atom. The highest BCUT2D eigenvalue weighted by Gasteiger charge is 2.46. The van der Waals surface area contributed by atoms with Gasteiger partial charge in [0.15, 0.2) is 11.4 Å². The predicted molar refractivity (Wildman–Crippen MR) is 160 cm³/mol. The molecule has 5 aromatic rings. The quantitative estimate of drug-likeness (QED) is 0.170. The van der Waals surface area contributed by atoms with Gasteiger partial charge in [0.05, 0.1) is 6.16 Å². The minimum atomic E-state index is -2.06. The second-order valence-corrected chi connectivity index (χ2v) is 13.2. The summed E-state index contributed by atoms with van der Waals surface area (Å²) in [7, 11) is -2.06. The van der Waals surface area contributed by atoms with Crippen molar-refractivity contribution in [3.8, 4) is 0 Å². The minimum Gasteiger partial charge on any atom is -0.377 e. The van der Waals surface area contributed by atoms with Crippen molar-refractivity contribution in [3.63, 3.8) is 0 Å². The highest BCUT2D eigenvalue weighted by molar-refractivity contribution is 7.95. The molecule has 0 aromatic heterocycles. The van der Waals surface area contributed by atoms with E-state index in [1.54, 1.807) is 12.1 Å². The van der Waals surface area contributed by atoms with Crippen molar-refractivity contribution in [2.24, 2.45) is 0 Å². The lowest BCUT2D eigenvalue weighted by Crippen LogP contribution is -2.38. The number of hydrogen-bond donors (Lipinski definition) is 1. The normalized spacial score (nSPS) is 13.0. The third-order valence-electron chi connectivity index (χ3n) is 7.29. The van der Waals surface area contributed by atoms with Gasteiger partial charge in [0.25, 0.3) is 0 Å². The van der Waals surface area contributed by atoms with Crippen LogP contribution >= 0.6 is 7.26 Å². The van der Waals surface area contributed by atoms with Gasteiger partial charge < -0.3 is 5.11 Å². The smallest absolute Gasteiger partial charge is 0.198 e. The molecule has 38 heavy (non-hydrogen) atoms. The molecule has 0 aliphatic rings. The van der Waals surface area contributed by atoms with Gasteiger partial charge in [-0.15, -0.1) is 0 Å². The molecule has 1 N–H and O–H groups in total. The molecule has 0 saturated carbocycles. The lowest BCUT2D eigenvalue weighted by atomic mass is 9.82. The molecule has 188 valence electrons. The molecular formula is C35H32O2P+. The van der Waals surface area contributed by atoms with E-state index in [9.17, 15) is 9.90 Å². The van der Waals surface area contributed by atoms with E-state index in [0.29, 0.717) is 24.0 Å².